The Bertz CT molecular complexity index is 661. The highest BCUT2D eigenvalue weighted by Gasteiger charge is 2.40. The molecule has 156 valence electrons. The normalized spacial score (nSPS) is 15.7. The van der Waals surface area contributed by atoms with E-state index in [0.717, 1.165) is 44.2 Å². The first kappa shape index (κ1) is 22.1. The van der Waals surface area contributed by atoms with Gasteiger partial charge >= 0.3 is 0 Å². The molecule has 0 saturated heterocycles. The van der Waals surface area contributed by atoms with Crippen LogP contribution in [0.15, 0.2) is 18.2 Å². The van der Waals surface area contributed by atoms with Crippen molar-refractivity contribution in [3.63, 3.8) is 0 Å². The van der Waals surface area contributed by atoms with Crippen molar-refractivity contribution in [3.8, 4) is 5.75 Å². The molecule has 0 radical (unpaired) electrons. The molecule has 28 heavy (non-hydrogen) atoms. The molecule has 2 N–H and O–H groups in total. The van der Waals surface area contributed by atoms with E-state index in [0.29, 0.717) is 25.8 Å². The number of benzene rings is 1. The van der Waals surface area contributed by atoms with Crippen molar-refractivity contribution in [2.45, 2.75) is 70.3 Å². The molecule has 0 aromatic heterocycles. The number of hydrogen-bond acceptors (Lipinski definition) is 3. The topological polar surface area (TPSA) is 67.4 Å². The number of carbonyl (C=O) groups is 2. The van der Waals surface area contributed by atoms with Crippen LogP contribution < -0.4 is 15.4 Å². The number of nitrogens with one attached hydrogen (secondary N) is 2. The number of rotatable bonds is 10. The molecule has 1 saturated carbocycles. The van der Waals surface area contributed by atoms with Gasteiger partial charge in [0.25, 0.3) is 0 Å². The Morgan fingerprint density at radius 1 is 1.14 bits per heavy atom. The van der Waals surface area contributed by atoms with E-state index in [2.05, 4.69) is 17.6 Å². The molecule has 1 aromatic carbocycles. The molecule has 0 atom stereocenters. The summed E-state index contributed by atoms with van der Waals surface area (Å²) in [6.07, 6.45) is 6.63. The van der Waals surface area contributed by atoms with Gasteiger partial charge in [-0.15, -0.1) is 0 Å². The third-order valence-corrected chi connectivity index (χ3v) is 5.04. The Morgan fingerprint density at radius 3 is 2.57 bits per heavy atom. The fourth-order valence-electron chi connectivity index (χ4n) is 3.45. The lowest BCUT2D eigenvalue weighted by Gasteiger charge is -2.36. The zero-order valence-corrected chi connectivity index (χ0v) is 16.5. The van der Waals surface area contributed by atoms with Crippen molar-refractivity contribution in [1.29, 1.82) is 0 Å². The summed E-state index contributed by atoms with van der Waals surface area (Å²) in [6, 6.07) is 3.10. The zero-order valence-electron chi connectivity index (χ0n) is 16.5. The van der Waals surface area contributed by atoms with Gasteiger partial charge in [0, 0.05) is 19.0 Å². The van der Waals surface area contributed by atoms with E-state index in [-0.39, 0.29) is 30.6 Å². The summed E-state index contributed by atoms with van der Waals surface area (Å²) in [5.74, 6) is -1.79. The molecule has 1 aliphatic rings. The van der Waals surface area contributed by atoms with Crippen molar-refractivity contribution in [3.05, 3.63) is 29.8 Å². The van der Waals surface area contributed by atoms with Crippen LogP contribution in [-0.4, -0.2) is 30.5 Å². The van der Waals surface area contributed by atoms with Gasteiger partial charge in [0.1, 0.15) is 11.4 Å². The van der Waals surface area contributed by atoms with Crippen LogP contribution in [0.4, 0.5) is 8.78 Å². The second kappa shape index (κ2) is 11.0. The summed E-state index contributed by atoms with van der Waals surface area (Å²) < 4.78 is 31.7. The Kier molecular flexibility index (Phi) is 8.67. The average molecular weight is 396 g/mol. The SMILES string of the molecule is CCCCNC(=O)C1(NC(=O)CCCOc2ccc(F)cc2F)CCCCC1. The molecule has 2 rings (SSSR count). The van der Waals surface area contributed by atoms with Crippen LogP contribution in [0.3, 0.4) is 0 Å². The second-order valence-electron chi connectivity index (χ2n) is 7.33. The van der Waals surface area contributed by atoms with Crippen molar-refractivity contribution >= 4 is 11.8 Å². The summed E-state index contributed by atoms with van der Waals surface area (Å²) >= 11 is 0. The molecule has 0 unspecified atom stereocenters. The van der Waals surface area contributed by atoms with Gasteiger partial charge in [0.05, 0.1) is 6.61 Å². The lowest BCUT2D eigenvalue weighted by molar-refractivity contribution is -0.135. The Hall–Kier alpha value is -2.18. The lowest BCUT2D eigenvalue weighted by atomic mass is 9.80. The molecule has 0 bridgehead atoms. The Balaban J connectivity index is 1.81. The predicted molar refractivity (Wildman–Crippen MR) is 103 cm³/mol. The maximum atomic E-state index is 13.5. The van der Waals surface area contributed by atoms with Crippen LogP contribution in [0.2, 0.25) is 0 Å². The number of hydrogen-bond donors (Lipinski definition) is 2. The minimum Gasteiger partial charge on any atom is -0.491 e. The highest BCUT2D eigenvalue weighted by atomic mass is 19.1. The number of amides is 2. The zero-order chi connectivity index (χ0) is 20.4. The average Bonchev–Trinajstić information content (AvgIpc) is 2.67. The van der Waals surface area contributed by atoms with Crippen LogP contribution in [0.5, 0.6) is 5.75 Å². The predicted octanol–water partition coefficient (Wildman–Crippen LogP) is 3.86. The molecule has 5 nitrogen and oxygen atoms in total. The van der Waals surface area contributed by atoms with Gasteiger partial charge in [0.2, 0.25) is 11.8 Å². The maximum Gasteiger partial charge on any atom is 0.245 e. The van der Waals surface area contributed by atoms with E-state index in [1.54, 1.807) is 0 Å². The van der Waals surface area contributed by atoms with E-state index in [1.807, 2.05) is 0 Å². The van der Waals surface area contributed by atoms with Gasteiger partial charge in [0.15, 0.2) is 11.6 Å². The number of carbonyl (C=O) groups excluding carboxylic acids is 2. The molecule has 1 aromatic rings. The summed E-state index contributed by atoms with van der Waals surface area (Å²) in [5, 5.41) is 5.89. The van der Waals surface area contributed by atoms with E-state index in [1.165, 1.54) is 6.07 Å². The number of unbranched alkanes of at least 4 members (excludes halogenated alkanes) is 1. The van der Waals surface area contributed by atoms with E-state index >= 15 is 0 Å². The van der Waals surface area contributed by atoms with E-state index in [4.69, 9.17) is 4.74 Å². The standard InChI is InChI=1S/C21H30F2N2O3/c1-2-3-13-24-20(27)21(11-5-4-6-12-21)25-19(26)8-7-14-28-18-10-9-16(22)15-17(18)23/h9-10,15H,2-8,11-14H2,1H3,(H,24,27)(H,25,26). The monoisotopic (exact) mass is 396 g/mol. The molecule has 0 spiro atoms. The fourth-order valence-corrected chi connectivity index (χ4v) is 3.45. The van der Waals surface area contributed by atoms with Crippen molar-refractivity contribution < 1.29 is 23.1 Å². The number of ether oxygens (including phenoxy) is 1. The van der Waals surface area contributed by atoms with Gasteiger partial charge in [-0.1, -0.05) is 32.6 Å². The molecule has 1 aliphatic carbocycles. The summed E-state index contributed by atoms with van der Waals surface area (Å²) in [5.41, 5.74) is -0.826. The maximum absolute atomic E-state index is 13.5. The Morgan fingerprint density at radius 2 is 1.89 bits per heavy atom. The third-order valence-electron chi connectivity index (χ3n) is 5.04. The van der Waals surface area contributed by atoms with Gasteiger partial charge < -0.3 is 15.4 Å². The van der Waals surface area contributed by atoms with Gasteiger partial charge in [-0.25, -0.2) is 8.78 Å². The quantitative estimate of drug-likeness (QED) is 0.590. The molecular weight excluding hydrogens is 366 g/mol. The first-order valence-electron chi connectivity index (χ1n) is 10.1. The van der Waals surface area contributed by atoms with Crippen LogP contribution >= 0.6 is 0 Å². The molecule has 7 heteroatoms. The molecule has 1 fully saturated rings. The minimum atomic E-state index is -0.826. The van der Waals surface area contributed by atoms with Gasteiger partial charge in [-0.3, -0.25) is 9.59 Å². The first-order valence-corrected chi connectivity index (χ1v) is 10.1. The molecule has 0 heterocycles. The fraction of sp³-hybridized carbons (Fsp3) is 0.619. The summed E-state index contributed by atoms with van der Waals surface area (Å²) in [6.45, 7) is 2.81. The van der Waals surface area contributed by atoms with Crippen LogP contribution in [0, 0.1) is 11.6 Å². The van der Waals surface area contributed by atoms with Crippen LogP contribution in [-0.2, 0) is 9.59 Å². The summed E-state index contributed by atoms with van der Waals surface area (Å²) in [4.78, 5) is 25.1. The minimum absolute atomic E-state index is 0.0409. The largest absolute Gasteiger partial charge is 0.491 e. The highest BCUT2D eigenvalue weighted by Crippen LogP contribution is 2.29. The van der Waals surface area contributed by atoms with E-state index < -0.39 is 17.2 Å². The summed E-state index contributed by atoms with van der Waals surface area (Å²) in [7, 11) is 0. The molecule has 2 amide bonds. The van der Waals surface area contributed by atoms with E-state index in [9.17, 15) is 18.4 Å². The Labute approximate surface area is 165 Å². The van der Waals surface area contributed by atoms with Crippen molar-refractivity contribution in [2.75, 3.05) is 13.2 Å². The smallest absolute Gasteiger partial charge is 0.245 e. The van der Waals surface area contributed by atoms with Crippen LogP contribution in [0.1, 0.15) is 64.7 Å². The molecular formula is C21H30F2N2O3. The van der Waals surface area contributed by atoms with Crippen molar-refractivity contribution in [2.24, 2.45) is 0 Å². The first-order chi connectivity index (χ1) is 13.5. The van der Waals surface area contributed by atoms with Crippen molar-refractivity contribution in [1.82, 2.24) is 10.6 Å². The van der Waals surface area contributed by atoms with Gasteiger partial charge in [-0.2, -0.15) is 0 Å². The van der Waals surface area contributed by atoms with Gasteiger partial charge in [-0.05, 0) is 37.8 Å². The third kappa shape index (κ3) is 6.46. The number of halogens is 2. The lowest BCUT2D eigenvalue weighted by Crippen LogP contribution is -2.59. The second-order valence-corrected chi connectivity index (χ2v) is 7.33. The molecule has 0 aliphatic heterocycles. The van der Waals surface area contributed by atoms with Crippen LogP contribution in [0.25, 0.3) is 0 Å². The highest BCUT2D eigenvalue weighted by molar-refractivity contribution is 5.91.